The van der Waals surface area contributed by atoms with Crippen molar-refractivity contribution < 1.29 is 14.1 Å². The second-order valence-corrected chi connectivity index (χ2v) is 6.53. The van der Waals surface area contributed by atoms with Crippen molar-refractivity contribution in [2.75, 3.05) is 0 Å². The second kappa shape index (κ2) is 3.96. The van der Waals surface area contributed by atoms with Gasteiger partial charge in [0, 0.05) is 11.5 Å². The predicted molar refractivity (Wildman–Crippen MR) is 73.4 cm³/mol. The molecule has 0 saturated carbocycles. The van der Waals surface area contributed by atoms with Crippen LogP contribution in [0.1, 0.15) is 40.5 Å². The molecule has 0 aromatic rings. The molecule has 3 aliphatic rings. The van der Waals surface area contributed by atoms with Gasteiger partial charge in [-0.1, -0.05) is 6.08 Å². The molecule has 0 aromatic heterocycles. The largest absolute Gasteiger partial charge is 0.465 e. The van der Waals surface area contributed by atoms with E-state index in [0.717, 1.165) is 17.7 Å². The number of allylic oxidation sites excluding steroid dienone is 2. The van der Waals surface area contributed by atoms with Crippen molar-refractivity contribution in [3.8, 4) is 0 Å². The highest BCUT2D eigenvalue weighted by Gasteiger charge is 2.54. The third-order valence-corrected chi connectivity index (χ3v) is 4.69. The van der Waals surface area contributed by atoms with Gasteiger partial charge in [0.1, 0.15) is 0 Å². The molecule has 1 fully saturated rings. The Morgan fingerprint density at radius 3 is 2.53 bits per heavy atom. The number of carbonyl (C=O) groups is 1. The first-order valence-electron chi connectivity index (χ1n) is 6.85. The third kappa shape index (κ3) is 1.96. The summed E-state index contributed by atoms with van der Waals surface area (Å²) in [4.78, 5) is 11.6. The van der Waals surface area contributed by atoms with Crippen molar-refractivity contribution in [3.05, 3.63) is 23.4 Å². The van der Waals surface area contributed by atoms with Crippen LogP contribution in [-0.2, 0) is 14.1 Å². The summed E-state index contributed by atoms with van der Waals surface area (Å²) in [6, 6.07) is 0. The van der Waals surface area contributed by atoms with Crippen LogP contribution in [-0.4, -0.2) is 24.2 Å². The van der Waals surface area contributed by atoms with Crippen LogP contribution in [0.2, 0.25) is 5.82 Å². The summed E-state index contributed by atoms with van der Waals surface area (Å²) >= 11 is 0. The zero-order valence-electron chi connectivity index (χ0n) is 11.9. The lowest BCUT2D eigenvalue weighted by Crippen LogP contribution is -2.41. The van der Waals surface area contributed by atoms with Gasteiger partial charge < -0.3 is 14.6 Å². The molecule has 0 aromatic carbocycles. The quantitative estimate of drug-likeness (QED) is 0.736. The van der Waals surface area contributed by atoms with Gasteiger partial charge in [-0.05, 0) is 45.8 Å². The summed E-state index contributed by atoms with van der Waals surface area (Å²) in [7, 11) is -0.271. The van der Waals surface area contributed by atoms with Crippen LogP contribution in [0, 0.1) is 0 Å². The molecule has 19 heavy (non-hydrogen) atoms. The van der Waals surface area contributed by atoms with Gasteiger partial charge in [-0.2, -0.15) is 0 Å². The third-order valence-electron chi connectivity index (χ3n) is 4.69. The number of nitrogens with one attached hydrogen (secondary N) is 1. The van der Waals surface area contributed by atoms with Crippen molar-refractivity contribution >= 4 is 13.0 Å². The molecule has 2 aliphatic heterocycles. The fourth-order valence-electron chi connectivity index (χ4n) is 2.83. The lowest BCUT2D eigenvalue weighted by atomic mass is 9.64. The predicted octanol–water partition coefficient (Wildman–Crippen LogP) is 2.18. The standard InChI is InChI=1S/C14H20BNO3/c1-13(2)14(3,4)19-15(18-13)10-6-5-7-11-9(10)8-12(17)16-11/h5,7,10H,6,8H2,1-4H3,(H,16,17). The minimum Gasteiger partial charge on any atom is -0.403 e. The van der Waals surface area contributed by atoms with Crippen LogP contribution in [0.15, 0.2) is 23.4 Å². The van der Waals surface area contributed by atoms with Crippen molar-refractivity contribution in [2.24, 2.45) is 0 Å². The molecule has 1 saturated heterocycles. The molecular formula is C14H20BNO3. The molecular weight excluding hydrogens is 241 g/mol. The Morgan fingerprint density at radius 2 is 1.89 bits per heavy atom. The average Bonchev–Trinajstić information content (AvgIpc) is 2.75. The molecule has 4 nitrogen and oxygen atoms in total. The van der Waals surface area contributed by atoms with E-state index in [1.165, 1.54) is 0 Å². The molecule has 1 atom stereocenters. The first-order chi connectivity index (χ1) is 8.80. The van der Waals surface area contributed by atoms with Gasteiger partial charge in [0.25, 0.3) is 0 Å². The van der Waals surface area contributed by atoms with Gasteiger partial charge in [0.05, 0.1) is 17.6 Å². The first kappa shape index (κ1) is 12.9. The Bertz CT molecular complexity index is 477. The minimum absolute atomic E-state index is 0.0677. The van der Waals surface area contributed by atoms with Gasteiger partial charge in [0.15, 0.2) is 0 Å². The molecule has 0 spiro atoms. The maximum atomic E-state index is 11.6. The average molecular weight is 261 g/mol. The Morgan fingerprint density at radius 1 is 1.26 bits per heavy atom. The Kier molecular flexibility index (Phi) is 2.70. The fraction of sp³-hybridized carbons (Fsp3) is 0.643. The Labute approximate surface area is 114 Å². The number of carbonyl (C=O) groups excluding carboxylic acids is 1. The minimum atomic E-state index is -0.324. The van der Waals surface area contributed by atoms with Gasteiger partial charge >= 0.3 is 7.12 Å². The van der Waals surface area contributed by atoms with Gasteiger partial charge in [-0.15, -0.1) is 0 Å². The first-order valence-corrected chi connectivity index (χ1v) is 6.85. The van der Waals surface area contributed by atoms with E-state index in [9.17, 15) is 4.79 Å². The van der Waals surface area contributed by atoms with E-state index in [-0.39, 0.29) is 30.0 Å². The molecule has 0 radical (unpaired) electrons. The zero-order chi connectivity index (χ0) is 13.8. The van der Waals surface area contributed by atoms with E-state index in [0.29, 0.717) is 6.42 Å². The van der Waals surface area contributed by atoms with Crippen LogP contribution in [0.4, 0.5) is 0 Å². The smallest absolute Gasteiger partial charge is 0.403 e. The van der Waals surface area contributed by atoms with Crippen molar-refractivity contribution in [1.82, 2.24) is 5.32 Å². The highest BCUT2D eigenvalue weighted by atomic mass is 16.7. The van der Waals surface area contributed by atoms with E-state index < -0.39 is 0 Å². The topological polar surface area (TPSA) is 47.6 Å². The zero-order valence-corrected chi connectivity index (χ0v) is 11.9. The van der Waals surface area contributed by atoms with Crippen LogP contribution in [0.3, 0.4) is 0 Å². The van der Waals surface area contributed by atoms with Crippen molar-refractivity contribution in [3.63, 3.8) is 0 Å². The lowest BCUT2D eigenvalue weighted by molar-refractivity contribution is -0.118. The summed E-state index contributed by atoms with van der Waals surface area (Å²) in [6.07, 6.45) is 5.40. The van der Waals surface area contributed by atoms with Crippen molar-refractivity contribution in [1.29, 1.82) is 0 Å². The molecule has 2 heterocycles. The van der Waals surface area contributed by atoms with Crippen LogP contribution >= 0.6 is 0 Å². The maximum absolute atomic E-state index is 11.6. The molecule has 1 unspecified atom stereocenters. The van der Waals surface area contributed by atoms with Crippen LogP contribution in [0.5, 0.6) is 0 Å². The maximum Gasteiger partial charge on any atom is 0.465 e. The SMILES string of the molecule is CC1(C)OB(C2CC=CC3=C2CC(=O)N3)OC1(C)C. The Balaban J connectivity index is 1.85. The molecule has 0 bridgehead atoms. The number of hydrogen-bond donors (Lipinski definition) is 1. The van der Waals surface area contributed by atoms with E-state index in [1.807, 2.05) is 6.08 Å². The lowest BCUT2D eigenvalue weighted by Gasteiger charge is -2.32. The highest BCUT2D eigenvalue weighted by Crippen LogP contribution is 2.45. The van der Waals surface area contributed by atoms with E-state index in [4.69, 9.17) is 9.31 Å². The molecule has 1 amide bonds. The van der Waals surface area contributed by atoms with E-state index >= 15 is 0 Å². The molecule has 1 aliphatic carbocycles. The summed E-state index contributed by atoms with van der Waals surface area (Å²) < 4.78 is 12.2. The van der Waals surface area contributed by atoms with Gasteiger partial charge in [-0.3, -0.25) is 4.79 Å². The van der Waals surface area contributed by atoms with Crippen LogP contribution < -0.4 is 5.32 Å². The number of amides is 1. The number of rotatable bonds is 1. The van der Waals surface area contributed by atoms with Gasteiger partial charge in [0.2, 0.25) is 5.91 Å². The summed E-state index contributed by atoms with van der Waals surface area (Å²) in [6.45, 7) is 8.22. The molecule has 3 rings (SSSR count). The summed E-state index contributed by atoms with van der Waals surface area (Å²) in [5.74, 6) is 0.207. The van der Waals surface area contributed by atoms with E-state index in [2.05, 4.69) is 39.1 Å². The molecule has 1 N–H and O–H groups in total. The normalized spacial score (nSPS) is 31.7. The number of hydrogen-bond acceptors (Lipinski definition) is 3. The Hall–Kier alpha value is -1.07. The highest BCUT2D eigenvalue weighted by molar-refractivity contribution is 6.48. The van der Waals surface area contributed by atoms with Crippen molar-refractivity contribution in [2.45, 2.75) is 57.6 Å². The summed E-state index contributed by atoms with van der Waals surface area (Å²) in [5.41, 5.74) is 1.42. The monoisotopic (exact) mass is 261 g/mol. The molecule has 102 valence electrons. The van der Waals surface area contributed by atoms with Gasteiger partial charge in [-0.25, -0.2) is 0 Å². The van der Waals surface area contributed by atoms with E-state index in [1.54, 1.807) is 0 Å². The summed E-state index contributed by atoms with van der Waals surface area (Å²) in [5, 5.41) is 2.89. The fourth-order valence-corrected chi connectivity index (χ4v) is 2.83. The molecule has 5 heteroatoms. The second-order valence-electron chi connectivity index (χ2n) is 6.53. The van der Waals surface area contributed by atoms with Crippen LogP contribution in [0.25, 0.3) is 0 Å².